The second-order valence-electron chi connectivity index (χ2n) is 4.93. The first kappa shape index (κ1) is 18.3. The van der Waals surface area contributed by atoms with Crippen LogP contribution in [-0.4, -0.2) is 28.8 Å². The van der Waals surface area contributed by atoms with Crippen molar-refractivity contribution in [1.82, 2.24) is 5.32 Å². The highest BCUT2D eigenvalue weighted by atomic mass is 32.1. The average molecular weight is 289 g/mol. The monoisotopic (exact) mass is 289 g/mol. The van der Waals surface area contributed by atoms with Crippen LogP contribution >= 0.6 is 12.6 Å². The maximum absolute atomic E-state index is 10.9. The highest BCUT2D eigenvalue weighted by molar-refractivity contribution is 7.80. The molecule has 2 N–H and O–H groups in total. The van der Waals surface area contributed by atoms with Crippen LogP contribution in [0.4, 0.5) is 0 Å². The van der Waals surface area contributed by atoms with Crippen molar-refractivity contribution in [3.05, 3.63) is 0 Å². The van der Waals surface area contributed by atoms with Gasteiger partial charge in [-0.1, -0.05) is 44.9 Å². The second-order valence-corrected chi connectivity index (χ2v) is 5.38. The van der Waals surface area contributed by atoms with Crippen molar-refractivity contribution < 1.29 is 14.7 Å². The molecule has 0 aromatic rings. The molecule has 0 aliphatic rings. The van der Waals surface area contributed by atoms with Crippen LogP contribution in [0.2, 0.25) is 0 Å². The van der Waals surface area contributed by atoms with Gasteiger partial charge in [0.1, 0.15) is 6.04 Å². The Balaban J connectivity index is 3.45. The fourth-order valence-corrected chi connectivity index (χ4v) is 2.25. The SMILES string of the molecule is CC(=O)N[C@H](CCCCCCCCCCS)C(=O)O. The lowest BCUT2D eigenvalue weighted by molar-refractivity contribution is -0.141. The molecule has 1 amide bonds. The first-order chi connectivity index (χ1) is 9.07. The minimum absolute atomic E-state index is 0.281. The summed E-state index contributed by atoms with van der Waals surface area (Å²) in [4.78, 5) is 21.7. The van der Waals surface area contributed by atoms with E-state index >= 15 is 0 Å². The van der Waals surface area contributed by atoms with E-state index in [9.17, 15) is 9.59 Å². The van der Waals surface area contributed by atoms with E-state index in [1.165, 1.54) is 39.0 Å². The summed E-state index contributed by atoms with van der Waals surface area (Å²) in [5.41, 5.74) is 0. The van der Waals surface area contributed by atoms with Crippen LogP contribution in [-0.2, 0) is 9.59 Å². The van der Waals surface area contributed by atoms with Gasteiger partial charge in [0.25, 0.3) is 0 Å². The molecule has 0 aliphatic heterocycles. The zero-order chi connectivity index (χ0) is 14.5. The Kier molecular flexibility index (Phi) is 11.9. The first-order valence-corrected chi connectivity index (χ1v) is 7.82. The van der Waals surface area contributed by atoms with Crippen molar-refractivity contribution >= 4 is 24.5 Å². The maximum atomic E-state index is 10.9. The third kappa shape index (κ3) is 12.1. The Morgan fingerprint density at radius 2 is 1.47 bits per heavy atom. The molecule has 0 heterocycles. The van der Waals surface area contributed by atoms with Gasteiger partial charge in [-0.3, -0.25) is 4.79 Å². The smallest absolute Gasteiger partial charge is 0.326 e. The van der Waals surface area contributed by atoms with E-state index in [0.29, 0.717) is 6.42 Å². The van der Waals surface area contributed by atoms with E-state index in [-0.39, 0.29) is 5.91 Å². The predicted octanol–water partition coefficient (Wildman–Crippen LogP) is 3.02. The van der Waals surface area contributed by atoms with Gasteiger partial charge in [0.15, 0.2) is 0 Å². The summed E-state index contributed by atoms with van der Waals surface area (Å²) in [5, 5.41) is 11.4. The molecule has 5 heteroatoms. The van der Waals surface area contributed by atoms with Gasteiger partial charge in [0.2, 0.25) is 5.91 Å². The van der Waals surface area contributed by atoms with E-state index in [2.05, 4.69) is 17.9 Å². The summed E-state index contributed by atoms with van der Waals surface area (Å²) in [6.45, 7) is 1.35. The average Bonchev–Trinajstić information content (AvgIpc) is 2.34. The Labute approximate surface area is 121 Å². The number of carbonyl (C=O) groups is 2. The minimum atomic E-state index is -0.943. The Hall–Kier alpha value is -0.710. The van der Waals surface area contributed by atoms with Crippen LogP contribution in [0.1, 0.15) is 64.7 Å². The number of aliphatic carboxylic acids is 1. The van der Waals surface area contributed by atoms with E-state index in [1.807, 2.05) is 0 Å². The summed E-state index contributed by atoms with van der Waals surface area (Å²) in [7, 11) is 0. The van der Waals surface area contributed by atoms with Crippen LogP contribution in [0.25, 0.3) is 0 Å². The lowest BCUT2D eigenvalue weighted by Crippen LogP contribution is -2.39. The predicted molar refractivity (Wildman–Crippen MR) is 80.6 cm³/mol. The van der Waals surface area contributed by atoms with Gasteiger partial charge in [0.05, 0.1) is 0 Å². The molecule has 112 valence electrons. The molecule has 1 atom stereocenters. The molecule has 0 radical (unpaired) electrons. The van der Waals surface area contributed by atoms with Crippen molar-refractivity contribution in [3.63, 3.8) is 0 Å². The number of thiol groups is 1. The van der Waals surface area contributed by atoms with Gasteiger partial charge < -0.3 is 10.4 Å². The molecule has 0 bridgehead atoms. The summed E-state index contributed by atoms with van der Waals surface area (Å²) >= 11 is 4.17. The highest BCUT2D eigenvalue weighted by Gasteiger charge is 2.17. The largest absolute Gasteiger partial charge is 0.480 e. The molecule has 0 unspecified atom stereocenters. The lowest BCUT2D eigenvalue weighted by atomic mass is 10.0. The molecule has 19 heavy (non-hydrogen) atoms. The van der Waals surface area contributed by atoms with Crippen molar-refractivity contribution in [2.45, 2.75) is 70.8 Å². The quantitative estimate of drug-likeness (QED) is 0.382. The van der Waals surface area contributed by atoms with Gasteiger partial charge in [-0.15, -0.1) is 0 Å². The van der Waals surface area contributed by atoms with Gasteiger partial charge in [-0.25, -0.2) is 4.79 Å². The number of carboxylic acid groups (broad SMARTS) is 1. The third-order valence-corrected chi connectivity index (χ3v) is 3.39. The summed E-state index contributed by atoms with van der Waals surface area (Å²) in [6.07, 6.45) is 9.75. The number of carbonyl (C=O) groups excluding carboxylic acids is 1. The van der Waals surface area contributed by atoms with Crippen LogP contribution < -0.4 is 5.32 Å². The molecular formula is C14H27NO3S. The van der Waals surface area contributed by atoms with Crippen molar-refractivity contribution in [2.24, 2.45) is 0 Å². The lowest BCUT2D eigenvalue weighted by Gasteiger charge is -2.12. The fourth-order valence-electron chi connectivity index (χ4n) is 2.02. The van der Waals surface area contributed by atoms with Crippen LogP contribution in [0.5, 0.6) is 0 Å². The van der Waals surface area contributed by atoms with Gasteiger partial charge in [0, 0.05) is 6.92 Å². The Morgan fingerprint density at radius 3 is 1.89 bits per heavy atom. The molecule has 0 spiro atoms. The van der Waals surface area contributed by atoms with E-state index in [0.717, 1.165) is 25.0 Å². The number of carboxylic acids is 1. The maximum Gasteiger partial charge on any atom is 0.326 e. The zero-order valence-corrected chi connectivity index (χ0v) is 12.8. The number of nitrogens with one attached hydrogen (secondary N) is 1. The number of hydrogen-bond donors (Lipinski definition) is 3. The molecule has 0 fully saturated rings. The molecule has 4 nitrogen and oxygen atoms in total. The van der Waals surface area contributed by atoms with Crippen molar-refractivity contribution in [3.8, 4) is 0 Å². The number of hydrogen-bond acceptors (Lipinski definition) is 3. The second kappa shape index (κ2) is 12.3. The fraction of sp³-hybridized carbons (Fsp3) is 0.857. The van der Waals surface area contributed by atoms with E-state index in [1.54, 1.807) is 0 Å². The zero-order valence-electron chi connectivity index (χ0n) is 11.9. The molecule has 0 rings (SSSR count). The standard InChI is InChI=1S/C14H27NO3S/c1-12(16)15-13(14(17)18)10-8-6-4-2-3-5-7-9-11-19/h13,19H,2-11H2,1H3,(H,15,16)(H,17,18)/t13-/m1/s1. The van der Waals surface area contributed by atoms with Gasteiger partial charge >= 0.3 is 5.97 Å². The summed E-state index contributed by atoms with van der Waals surface area (Å²) in [6, 6.07) is -0.729. The number of rotatable bonds is 12. The molecule has 0 aliphatic carbocycles. The van der Waals surface area contributed by atoms with Crippen LogP contribution in [0.3, 0.4) is 0 Å². The highest BCUT2D eigenvalue weighted by Crippen LogP contribution is 2.11. The van der Waals surface area contributed by atoms with Crippen LogP contribution in [0, 0.1) is 0 Å². The van der Waals surface area contributed by atoms with Gasteiger partial charge in [-0.2, -0.15) is 12.6 Å². The third-order valence-electron chi connectivity index (χ3n) is 3.08. The normalized spacial score (nSPS) is 12.1. The number of amides is 1. The summed E-state index contributed by atoms with van der Waals surface area (Å²) in [5.74, 6) is -0.252. The van der Waals surface area contributed by atoms with Crippen molar-refractivity contribution in [1.29, 1.82) is 0 Å². The topological polar surface area (TPSA) is 66.4 Å². The number of unbranched alkanes of at least 4 members (excludes halogenated alkanes) is 7. The Bertz CT molecular complexity index is 259. The van der Waals surface area contributed by atoms with E-state index < -0.39 is 12.0 Å². The van der Waals surface area contributed by atoms with E-state index in [4.69, 9.17) is 5.11 Å². The van der Waals surface area contributed by atoms with Gasteiger partial charge in [-0.05, 0) is 18.6 Å². The molecule has 0 aromatic carbocycles. The molecular weight excluding hydrogens is 262 g/mol. The molecule has 0 saturated heterocycles. The minimum Gasteiger partial charge on any atom is -0.480 e. The Morgan fingerprint density at radius 1 is 1.00 bits per heavy atom. The summed E-state index contributed by atoms with van der Waals surface area (Å²) < 4.78 is 0. The molecule has 0 saturated carbocycles. The van der Waals surface area contributed by atoms with Crippen molar-refractivity contribution in [2.75, 3.05) is 5.75 Å². The molecule has 0 aromatic heterocycles. The first-order valence-electron chi connectivity index (χ1n) is 7.18. The van der Waals surface area contributed by atoms with Crippen LogP contribution in [0.15, 0.2) is 0 Å².